The molecule has 0 aromatic rings. The molecule has 0 aliphatic rings. The van der Waals surface area contributed by atoms with Crippen molar-refractivity contribution in [2.45, 2.75) is 0 Å². The van der Waals surface area contributed by atoms with Crippen LogP contribution in [-0.2, 0) is 80.9 Å². The van der Waals surface area contributed by atoms with E-state index in [0.29, 0.717) is 0 Å². The van der Waals surface area contributed by atoms with E-state index in [9.17, 15) is 0 Å². The minimum atomic E-state index is 0. The number of hydrogen-bond acceptors (Lipinski definition) is 0. The smallest absolute Gasteiger partial charge is 0 e. The molecule has 0 unspecified atom stereocenters. The Hall–Kier alpha value is 2.58. The monoisotopic (exact) mass is 297 g/mol. The molecule has 0 fully saturated rings. The molecule has 0 aromatic heterocycles. The molecule has 1 radical (unpaired) electrons. The quantitative estimate of drug-likeness (QED) is 0.552. The van der Waals surface area contributed by atoms with Crippen molar-refractivity contribution in [3.8, 4) is 0 Å². The van der Waals surface area contributed by atoms with Crippen LogP contribution < -0.4 is 0 Å². The second kappa shape index (κ2) is 17.6. The normalized spacial score (nSPS) is 0. The molecule has 0 aliphatic heterocycles. The van der Waals surface area contributed by atoms with Crippen molar-refractivity contribution in [2.75, 3.05) is 0 Å². The number of rotatable bonds is 0. The van der Waals surface area contributed by atoms with Gasteiger partial charge in [0, 0.05) is 80.9 Å². The van der Waals surface area contributed by atoms with Crippen LogP contribution in [0.1, 0.15) is 0 Å². The summed E-state index contributed by atoms with van der Waals surface area (Å²) in [6, 6.07) is 0. The van der Waals surface area contributed by atoms with Crippen LogP contribution in [0.25, 0.3) is 0 Å². The van der Waals surface area contributed by atoms with Gasteiger partial charge in [0.2, 0.25) is 0 Å². The van der Waals surface area contributed by atoms with E-state index in [0.717, 1.165) is 0 Å². The Balaban J connectivity index is 0. The molecule has 0 aliphatic carbocycles. The summed E-state index contributed by atoms with van der Waals surface area (Å²) >= 11 is 0. The fourth-order valence-electron chi connectivity index (χ4n) is 0. The van der Waals surface area contributed by atoms with Crippen LogP contribution >= 0.6 is 0 Å². The molecule has 0 spiro atoms. The van der Waals surface area contributed by atoms with E-state index in [1.54, 1.807) is 0 Å². The molecule has 0 rings (SSSR count). The van der Waals surface area contributed by atoms with Crippen LogP contribution in [0, 0.1) is 0 Å². The Morgan fingerprint density at radius 2 is 1.00 bits per heavy atom. The average molecular weight is 297 g/mol. The van der Waals surface area contributed by atoms with Gasteiger partial charge in [0.05, 0.1) is 0 Å². The van der Waals surface area contributed by atoms with Crippen LogP contribution in [0.5, 0.6) is 0 Å². The van der Waals surface area contributed by atoms with Crippen molar-refractivity contribution >= 4 is 0 Å². The molecule has 0 N–H and O–H groups in total. The van der Waals surface area contributed by atoms with Gasteiger partial charge in [-0.2, -0.15) is 0 Å². The second-order valence-electron chi connectivity index (χ2n) is 0. The van der Waals surface area contributed by atoms with Crippen LogP contribution in [0.3, 0.4) is 0 Å². The predicted molar refractivity (Wildman–Crippen MR) is 0 cm³/mol. The first-order chi connectivity index (χ1) is 0. The first kappa shape index (κ1) is 30.7. The van der Waals surface area contributed by atoms with E-state index in [1.165, 1.54) is 0 Å². The fourth-order valence-corrected chi connectivity index (χ4v) is 0. The van der Waals surface area contributed by atoms with Gasteiger partial charge in [0.15, 0.2) is 0 Å². The largest absolute Gasteiger partial charge is 0 e. The fraction of sp³-hybridized carbons (Fsp3) is 0. The average Bonchev–Trinajstić information content (AvgIpc) is 0. The predicted octanol–water partition coefficient (Wildman–Crippen LogP) is -0.0100. The minimum absolute atomic E-state index is 0. The molecule has 4 heteroatoms. The van der Waals surface area contributed by atoms with E-state index in [-0.39, 0.29) is 80.9 Å². The summed E-state index contributed by atoms with van der Waals surface area (Å²) in [5.41, 5.74) is 0. The maximum Gasteiger partial charge on any atom is 0 e. The molecule has 0 nitrogen and oxygen atoms in total. The van der Waals surface area contributed by atoms with E-state index in [4.69, 9.17) is 0 Å². The van der Waals surface area contributed by atoms with E-state index >= 15 is 0 Å². The van der Waals surface area contributed by atoms with Crippen LogP contribution in [-0.4, -0.2) is 0 Å². The maximum atomic E-state index is 0. The standard InChI is InChI=1S/Cd.Cu.Fe.Zn. The summed E-state index contributed by atoms with van der Waals surface area (Å²) in [4.78, 5) is 0. The van der Waals surface area contributed by atoms with Crippen molar-refractivity contribution in [3.05, 3.63) is 0 Å². The van der Waals surface area contributed by atoms with Crippen LogP contribution in [0.2, 0.25) is 0 Å². The molecule has 23 valence electrons. The molecule has 0 aromatic carbocycles. The van der Waals surface area contributed by atoms with Crippen LogP contribution in [0.4, 0.5) is 0 Å². The molecule has 0 bridgehead atoms. The summed E-state index contributed by atoms with van der Waals surface area (Å²) in [6.07, 6.45) is 0. The van der Waals surface area contributed by atoms with Gasteiger partial charge in [0.1, 0.15) is 0 Å². The van der Waals surface area contributed by atoms with Gasteiger partial charge >= 0.3 is 0 Å². The third-order valence-corrected chi connectivity index (χ3v) is 0. The molecule has 0 saturated heterocycles. The van der Waals surface area contributed by atoms with Gasteiger partial charge in [0.25, 0.3) is 0 Å². The molecular weight excluding hydrogens is 297 g/mol. The zero-order chi connectivity index (χ0) is 0. The molecule has 4 heavy (non-hydrogen) atoms. The maximum absolute atomic E-state index is 0. The van der Waals surface area contributed by atoms with Crippen LogP contribution in [0.15, 0.2) is 0 Å². The van der Waals surface area contributed by atoms with Crippen molar-refractivity contribution < 1.29 is 80.9 Å². The van der Waals surface area contributed by atoms with Gasteiger partial charge in [-0.25, -0.2) is 0 Å². The molecule has 0 amide bonds. The van der Waals surface area contributed by atoms with Gasteiger partial charge in [-0.3, -0.25) is 0 Å². The SMILES string of the molecule is [Cd].[Cu].[Fe].[Zn]. The summed E-state index contributed by atoms with van der Waals surface area (Å²) in [5, 5.41) is 0. The van der Waals surface area contributed by atoms with Crippen molar-refractivity contribution in [1.82, 2.24) is 0 Å². The van der Waals surface area contributed by atoms with E-state index in [1.807, 2.05) is 0 Å². The first-order valence-corrected chi connectivity index (χ1v) is 0. The molecular formula is CdCuFeZn. The Kier molecular flexibility index (Phi) is 135. The van der Waals surface area contributed by atoms with Crippen molar-refractivity contribution in [3.63, 3.8) is 0 Å². The Morgan fingerprint density at radius 1 is 1.00 bits per heavy atom. The minimum Gasteiger partial charge on any atom is 0 e. The molecule has 0 atom stereocenters. The third-order valence-electron chi connectivity index (χ3n) is 0. The zero-order valence-electron chi connectivity index (χ0n) is 2.07. The summed E-state index contributed by atoms with van der Waals surface area (Å²) in [7, 11) is 0. The van der Waals surface area contributed by atoms with Gasteiger partial charge in [-0.15, -0.1) is 0 Å². The zero-order valence-corrected chi connectivity index (χ0v) is 11.1. The Bertz CT molecular complexity index is 8.00. The van der Waals surface area contributed by atoms with E-state index in [2.05, 4.69) is 0 Å². The van der Waals surface area contributed by atoms with Crippen molar-refractivity contribution in [2.24, 2.45) is 0 Å². The van der Waals surface area contributed by atoms with Gasteiger partial charge in [-0.05, 0) is 0 Å². The molecule has 0 heterocycles. The second-order valence-corrected chi connectivity index (χ2v) is 0. The first-order valence-electron chi connectivity index (χ1n) is 0. The Morgan fingerprint density at radius 3 is 1.00 bits per heavy atom. The van der Waals surface area contributed by atoms with E-state index < -0.39 is 0 Å². The third kappa shape index (κ3) is 8.82. The topological polar surface area (TPSA) is 0 Å². The van der Waals surface area contributed by atoms with Crippen molar-refractivity contribution in [1.29, 1.82) is 0 Å². The molecule has 0 saturated carbocycles. The Labute approximate surface area is 79.7 Å². The van der Waals surface area contributed by atoms with Gasteiger partial charge < -0.3 is 0 Å². The number of hydrogen-bond donors (Lipinski definition) is 0. The summed E-state index contributed by atoms with van der Waals surface area (Å²) in [5.74, 6) is 0. The summed E-state index contributed by atoms with van der Waals surface area (Å²) in [6.45, 7) is 0. The van der Waals surface area contributed by atoms with Gasteiger partial charge in [-0.1, -0.05) is 0 Å². The summed E-state index contributed by atoms with van der Waals surface area (Å²) < 4.78 is 0.